The molecule has 2 aromatic carbocycles. The molecule has 0 spiro atoms. The lowest BCUT2D eigenvalue weighted by Gasteiger charge is -2.26. The van der Waals surface area contributed by atoms with Gasteiger partial charge in [-0.15, -0.1) is 0 Å². The van der Waals surface area contributed by atoms with E-state index in [0.29, 0.717) is 50.9 Å². The molecule has 1 atom stereocenters. The van der Waals surface area contributed by atoms with Crippen LogP contribution in [0.25, 0.3) is 6.08 Å². The van der Waals surface area contributed by atoms with Crippen LogP contribution in [-0.2, 0) is 9.53 Å². The molecule has 7 nitrogen and oxygen atoms in total. The molecule has 1 aliphatic heterocycles. The van der Waals surface area contributed by atoms with Crippen LogP contribution in [0, 0.1) is 0 Å². The van der Waals surface area contributed by atoms with Crippen LogP contribution < -0.4 is 24.4 Å². The minimum Gasteiger partial charge on any atom is -0.494 e. The monoisotopic (exact) mass is 492 g/mol. The third-order valence-corrected chi connectivity index (χ3v) is 6.52. The van der Waals surface area contributed by atoms with E-state index in [0.717, 1.165) is 5.56 Å². The lowest BCUT2D eigenvalue weighted by atomic mass is 9.95. The number of hydrogen-bond donors (Lipinski definition) is 0. The number of benzene rings is 2. The average molecular weight is 493 g/mol. The standard InChI is InChI=1S/C27H28N2O5S/c1-5-32-20-14-10-8-12-18(20)16-22-25(30)29-24(19-13-9-11-15-21(19)33-6-2)23(26(31)34-7-3)17(4)28-27(29)35-22/h8-16,24H,5-7H2,1-4H3/b22-16+. The van der Waals surface area contributed by atoms with Crippen molar-refractivity contribution in [3.8, 4) is 11.5 Å². The summed E-state index contributed by atoms with van der Waals surface area (Å²) in [6.45, 7) is 8.51. The Labute approximate surface area is 207 Å². The maximum absolute atomic E-state index is 13.8. The van der Waals surface area contributed by atoms with Crippen LogP contribution in [0.2, 0.25) is 0 Å². The summed E-state index contributed by atoms with van der Waals surface area (Å²) in [7, 11) is 0. The Kier molecular flexibility index (Phi) is 7.51. The first kappa shape index (κ1) is 24.5. The summed E-state index contributed by atoms with van der Waals surface area (Å²) in [5.41, 5.74) is 2.10. The highest BCUT2D eigenvalue weighted by atomic mass is 32.1. The second kappa shape index (κ2) is 10.7. The summed E-state index contributed by atoms with van der Waals surface area (Å²) in [4.78, 5) is 32.0. The van der Waals surface area contributed by atoms with E-state index in [9.17, 15) is 9.59 Å². The zero-order valence-corrected chi connectivity index (χ0v) is 21.1. The number of carbonyl (C=O) groups is 1. The molecule has 0 saturated carbocycles. The van der Waals surface area contributed by atoms with E-state index in [4.69, 9.17) is 14.2 Å². The van der Waals surface area contributed by atoms with Gasteiger partial charge >= 0.3 is 5.97 Å². The van der Waals surface area contributed by atoms with Gasteiger partial charge in [0.15, 0.2) is 4.80 Å². The average Bonchev–Trinajstić information content (AvgIpc) is 3.15. The van der Waals surface area contributed by atoms with Crippen molar-refractivity contribution in [2.75, 3.05) is 19.8 Å². The quantitative estimate of drug-likeness (QED) is 0.449. The molecule has 1 unspecified atom stereocenters. The second-order valence-electron chi connectivity index (χ2n) is 7.74. The zero-order chi connectivity index (χ0) is 24.9. The maximum atomic E-state index is 13.8. The molecule has 0 fully saturated rings. The van der Waals surface area contributed by atoms with E-state index in [2.05, 4.69) is 4.99 Å². The summed E-state index contributed by atoms with van der Waals surface area (Å²) in [5.74, 6) is 0.802. The highest BCUT2D eigenvalue weighted by molar-refractivity contribution is 7.07. The van der Waals surface area contributed by atoms with Crippen LogP contribution in [-0.4, -0.2) is 30.4 Å². The van der Waals surface area contributed by atoms with Crippen LogP contribution in [0.5, 0.6) is 11.5 Å². The second-order valence-corrected chi connectivity index (χ2v) is 8.75. The molecule has 4 rings (SSSR count). The van der Waals surface area contributed by atoms with Gasteiger partial charge in [-0.05, 0) is 45.9 Å². The summed E-state index contributed by atoms with van der Waals surface area (Å²) < 4.78 is 19.0. The van der Waals surface area contributed by atoms with E-state index in [1.54, 1.807) is 18.4 Å². The van der Waals surface area contributed by atoms with Gasteiger partial charge in [-0.1, -0.05) is 47.7 Å². The van der Waals surface area contributed by atoms with Crippen molar-refractivity contribution >= 4 is 23.4 Å². The van der Waals surface area contributed by atoms with E-state index < -0.39 is 12.0 Å². The van der Waals surface area contributed by atoms with Gasteiger partial charge < -0.3 is 14.2 Å². The molecule has 182 valence electrons. The van der Waals surface area contributed by atoms with Crippen LogP contribution >= 0.6 is 11.3 Å². The Morgan fingerprint density at radius 1 is 1.00 bits per heavy atom. The van der Waals surface area contributed by atoms with E-state index in [1.165, 1.54) is 11.3 Å². The minimum atomic E-state index is -0.725. The van der Waals surface area contributed by atoms with Gasteiger partial charge in [-0.2, -0.15) is 0 Å². The fraction of sp³-hybridized carbons (Fsp3) is 0.296. The van der Waals surface area contributed by atoms with Crippen molar-refractivity contribution in [3.05, 3.63) is 90.6 Å². The predicted molar refractivity (Wildman–Crippen MR) is 136 cm³/mol. The van der Waals surface area contributed by atoms with E-state index >= 15 is 0 Å². The number of nitrogens with zero attached hydrogens (tertiary/aromatic N) is 2. The first-order valence-corrected chi connectivity index (χ1v) is 12.4. The first-order chi connectivity index (χ1) is 17.0. The van der Waals surface area contributed by atoms with Crippen LogP contribution in [0.15, 0.2) is 69.6 Å². The van der Waals surface area contributed by atoms with E-state index in [1.807, 2.05) is 68.5 Å². The number of thiazole rings is 1. The Morgan fingerprint density at radius 3 is 2.37 bits per heavy atom. The molecule has 0 N–H and O–H groups in total. The maximum Gasteiger partial charge on any atom is 0.338 e. The van der Waals surface area contributed by atoms with Crippen molar-refractivity contribution in [2.45, 2.75) is 33.7 Å². The minimum absolute atomic E-state index is 0.216. The molecular weight excluding hydrogens is 464 g/mol. The molecule has 0 saturated heterocycles. The third kappa shape index (κ3) is 4.79. The van der Waals surface area contributed by atoms with Gasteiger partial charge in [-0.25, -0.2) is 9.79 Å². The molecule has 2 heterocycles. The van der Waals surface area contributed by atoms with Gasteiger partial charge in [0.1, 0.15) is 17.5 Å². The zero-order valence-electron chi connectivity index (χ0n) is 20.2. The normalized spacial score (nSPS) is 15.4. The molecule has 35 heavy (non-hydrogen) atoms. The molecule has 0 amide bonds. The fourth-order valence-electron chi connectivity index (χ4n) is 4.11. The Hall–Kier alpha value is -3.65. The van der Waals surface area contributed by atoms with Gasteiger partial charge in [0.05, 0.1) is 35.6 Å². The molecule has 3 aromatic rings. The number of carbonyl (C=O) groups excluding carboxylic acids is 1. The third-order valence-electron chi connectivity index (χ3n) is 5.54. The highest BCUT2D eigenvalue weighted by Gasteiger charge is 2.35. The topological polar surface area (TPSA) is 79.1 Å². The number of hydrogen-bond acceptors (Lipinski definition) is 7. The molecule has 0 aliphatic carbocycles. The largest absolute Gasteiger partial charge is 0.494 e. The molecule has 0 bridgehead atoms. The molecule has 8 heteroatoms. The van der Waals surface area contributed by atoms with Crippen LogP contribution in [0.3, 0.4) is 0 Å². The first-order valence-electron chi connectivity index (χ1n) is 11.6. The Balaban J connectivity index is 1.98. The van der Waals surface area contributed by atoms with Crippen molar-refractivity contribution in [3.63, 3.8) is 0 Å². The molecular formula is C27H28N2O5S. The lowest BCUT2D eigenvalue weighted by molar-refractivity contribution is -0.139. The number of esters is 1. The summed E-state index contributed by atoms with van der Waals surface area (Å²) in [6.07, 6.45) is 1.81. The number of aromatic nitrogens is 1. The number of ether oxygens (including phenoxy) is 3. The van der Waals surface area contributed by atoms with Crippen molar-refractivity contribution < 1.29 is 19.0 Å². The van der Waals surface area contributed by atoms with Gasteiger partial charge in [-0.3, -0.25) is 9.36 Å². The Bertz CT molecular complexity index is 1450. The van der Waals surface area contributed by atoms with Gasteiger partial charge in [0, 0.05) is 11.1 Å². The highest BCUT2D eigenvalue weighted by Crippen LogP contribution is 2.35. The lowest BCUT2D eigenvalue weighted by Crippen LogP contribution is -2.40. The van der Waals surface area contributed by atoms with Crippen LogP contribution in [0.4, 0.5) is 0 Å². The number of allylic oxidation sites excluding steroid dienone is 1. The molecule has 0 radical (unpaired) electrons. The summed E-state index contributed by atoms with van der Waals surface area (Å²) in [5, 5.41) is 0. The van der Waals surface area contributed by atoms with Gasteiger partial charge in [0.25, 0.3) is 5.56 Å². The Morgan fingerprint density at radius 2 is 1.66 bits per heavy atom. The fourth-order valence-corrected chi connectivity index (χ4v) is 5.14. The number of fused-ring (bicyclic) bond motifs is 1. The van der Waals surface area contributed by atoms with Crippen molar-refractivity contribution in [1.82, 2.24) is 4.57 Å². The summed E-state index contributed by atoms with van der Waals surface area (Å²) >= 11 is 1.28. The molecule has 1 aromatic heterocycles. The molecule has 1 aliphatic rings. The van der Waals surface area contributed by atoms with Crippen molar-refractivity contribution in [1.29, 1.82) is 0 Å². The summed E-state index contributed by atoms with van der Waals surface area (Å²) in [6, 6.07) is 14.3. The van der Waals surface area contributed by atoms with Crippen LogP contribution in [0.1, 0.15) is 44.9 Å². The predicted octanol–water partition coefficient (Wildman–Crippen LogP) is 3.60. The SMILES string of the molecule is CCOC(=O)C1=C(C)N=c2s/c(=C/c3ccccc3OCC)c(=O)n2C1c1ccccc1OCC. The number of para-hydroxylation sites is 2. The number of rotatable bonds is 8. The van der Waals surface area contributed by atoms with Crippen molar-refractivity contribution in [2.24, 2.45) is 4.99 Å². The van der Waals surface area contributed by atoms with E-state index in [-0.39, 0.29) is 12.2 Å². The van der Waals surface area contributed by atoms with Gasteiger partial charge in [0.2, 0.25) is 0 Å². The smallest absolute Gasteiger partial charge is 0.338 e.